The van der Waals surface area contributed by atoms with E-state index in [9.17, 15) is 19.9 Å². The van der Waals surface area contributed by atoms with Crippen LogP contribution in [0.5, 0.6) is 17.2 Å². The Hall–Kier alpha value is -5.80. The molecule has 1 fully saturated rings. The summed E-state index contributed by atoms with van der Waals surface area (Å²) in [5.74, 6) is -1.10. The topological polar surface area (TPSA) is 134 Å². The molecule has 0 radical (unpaired) electrons. The number of allylic oxidation sites excluding steroid dienone is 1. The largest absolute Gasteiger partial charge is 0.459 e. The highest BCUT2D eigenvalue weighted by molar-refractivity contribution is 6.03. The van der Waals surface area contributed by atoms with Crippen LogP contribution in [0.15, 0.2) is 114 Å². The normalized spacial score (nSPS) is 22.7. The van der Waals surface area contributed by atoms with Gasteiger partial charge < -0.3 is 34.2 Å². The van der Waals surface area contributed by atoms with Crippen molar-refractivity contribution in [3.63, 3.8) is 0 Å². The minimum atomic E-state index is -1.53. The third-order valence-electron chi connectivity index (χ3n) is 13.0. The minimum Gasteiger partial charge on any atom is -0.459 e. The molecule has 6 atom stereocenters. The predicted molar refractivity (Wildman–Crippen MR) is 249 cm³/mol. The van der Waals surface area contributed by atoms with Crippen LogP contribution in [-0.2, 0) is 16.1 Å². The maximum Gasteiger partial charge on any atom is 0.254 e. The number of fused-ring (bicyclic) bond motifs is 2. The first-order chi connectivity index (χ1) is 31.3. The third-order valence-corrected chi connectivity index (χ3v) is 13.0. The molecule has 342 valence electrons. The van der Waals surface area contributed by atoms with Gasteiger partial charge in [0.15, 0.2) is 0 Å². The van der Waals surface area contributed by atoms with Crippen LogP contribution in [0.2, 0.25) is 0 Å². The van der Waals surface area contributed by atoms with Crippen molar-refractivity contribution in [2.24, 2.45) is 22.9 Å². The van der Waals surface area contributed by atoms with Gasteiger partial charge in [-0.25, -0.2) is 4.39 Å². The fraction of sp³-hybridized carbons (Fsp3) is 0.426. The average Bonchev–Trinajstić information content (AvgIpc) is 3.29. The predicted octanol–water partition coefficient (Wildman–Crippen LogP) is 10.9. The molecule has 0 aromatic heterocycles. The molecule has 0 bridgehead atoms. The number of rotatable bonds is 18. The van der Waals surface area contributed by atoms with Crippen LogP contribution in [0.25, 0.3) is 0 Å². The van der Waals surface area contributed by atoms with Gasteiger partial charge in [-0.15, -0.1) is 6.58 Å². The molecule has 2 aliphatic carbocycles. The minimum absolute atomic E-state index is 0.00327. The first-order valence-corrected chi connectivity index (χ1v) is 22.9. The van der Waals surface area contributed by atoms with Gasteiger partial charge in [-0.05, 0) is 161 Å². The van der Waals surface area contributed by atoms with Crippen LogP contribution < -0.4 is 9.47 Å². The van der Waals surface area contributed by atoms with E-state index in [1.807, 2.05) is 51.1 Å². The standard InChI is InChI=1S/C54H62FN3O7/c1-7-28-62-54-49(58(34-38-17-21-41(55)22-18-38)52(61)39-19-15-37(33-56)16-20-39)32-47(57-65-53(4,5)6)45-30-40(12-8-10-26-59)44(13-9-11-27-60)50(51(45)54)46-31-43(24-25-48(46)64-54)63-42-23-14-35(2)36(3)29-42/h7,14-25,29-31,40,44,49-51,59-60H,1,8-13,26-28,32,34H2,2-6H3/t40-,44+,49-,50+,51+,54+/m0/s1. The smallest absolute Gasteiger partial charge is 0.254 e. The number of carbonyl (C=O) groups is 1. The van der Waals surface area contributed by atoms with Gasteiger partial charge in [0.05, 0.1) is 29.9 Å². The Labute approximate surface area is 383 Å². The Morgan fingerprint density at radius 3 is 2.31 bits per heavy atom. The second-order valence-corrected chi connectivity index (χ2v) is 18.6. The number of aryl methyl sites for hydroxylation is 2. The van der Waals surface area contributed by atoms with Crippen molar-refractivity contribution in [3.05, 3.63) is 148 Å². The van der Waals surface area contributed by atoms with Gasteiger partial charge >= 0.3 is 0 Å². The molecular formula is C54H62FN3O7. The summed E-state index contributed by atoms with van der Waals surface area (Å²) in [4.78, 5) is 23.3. The van der Waals surface area contributed by atoms with E-state index in [2.05, 4.69) is 38.6 Å². The fourth-order valence-corrected chi connectivity index (χ4v) is 9.78. The molecule has 1 heterocycles. The monoisotopic (exact) mass is 883 g/mol. The van der Waals surface area contributed by atoms with Crippen LogP contribution in [0.3, 0.4) is 0 Å². The van der Waals surface area contributed by atoms with Gasteiger partial charge in [-0.3, -0.25) is 4.79 Å². The van der Waals surface area contributed by atoms with Crippen LogP contribution >= 0.6 is 0 Å². The number of oxime groups is 1. The number of nitriles is 1. The van der Waals surface area contributed by atoms with E-state index in [0.717, 1.165) is 47.9 Å². The van der Waals surface area contributed by atoms with Crippen molar-refractivity contribution in [1.82, 2.24) is 4.90 Å². The number of hydrogen-bond donors (Lipinski definition) is 2. The highest BCUT2D eigenvalue weighted by Crippen LogP contribution is 2.62. The van der Waals surface area contributed by atoms with Crippen molar-refractivity contribution in [2.45, 2.75) is 109 Å². The zero-order valence-electron chi connectivity index (χ0n) is 38.3. The Balaban J connectivity index is 1.49. The average molecular weight is 884 g/mol. The van der Waals surface area contributed by atoms with Gasteiger partial charge in [0.1, 0.15) is 34.7 Å². The lowest BCUT2D eigenvalue weighted by atomic mass is 9.55. The molecule has 3 aliphatic rings. The SMILES string of the molecule is C=CCO[C@@]12Oc3ccc(Oc4ccc(C)c(C)c4)cc3[C@H]3[C@H](CCCCO)[C@@H](CCCCO)C=C(C(=NOC(C)(C)C)C[C@@H]1N(Cc1ccc(F)cc1)C(=O)c1ccc(C#N)cc1)[C@H]32. The number of unbranched alkanes of at least 4 members (excludes halogenated alkanes) is 2. The van der Waals surface area contributed by atoms with Crippen molar-refractivity contribution >= 4 is 11.6 Å². The molecule has 1 saturated carbocycles. The molecule has 10 nitrogen and oxygen atoms in total. The van der Waals surface area contributed by atoms with Crippen molar-refractivity contribution in [3.8, 4) is 23.3 Å². The van der Waals surface area contributed by atoms with E-state index in [4.69, 9.17) is 24.2 Å². The van der Waals surface area contributed by atoms with E-state index < -0.39 is 29.2 Å². The molecule has 0 saturated heterocycles. The molecule has 65 heavy (non-hydrogen) atoms. The third kappa shape index (κ3) is 10.5. The van der Waals surface area contributed by atoms with Crippen LogP contribution in [0, 0.1) is 48.7 Å². The van der Waals surface area contributed by atoms with Gasteiger partial charge in [0.2, 0.25) is 5.79 Å². The number of amides is 1. The lowest BCUT2D eigenvalue weighted by molar-refractivity contribution is -0.255. The molecule has 1 amide bonds. The van der Waals surface area contributed by atoms with Gasteiger partial charge in [-0.1, -0.05) is 48.3 Å². The Morgan fingerprint density at radius 2 is 1.65 bits per heavy atom. The first kappa shape index (κ1) is 47.2. The molecule has 7 rings (SSSR count). The second kappa shape index (κ2) is 20.6. The molecule has 1 aliphatic heterocycles. The summed E-state index contributed by atoms with van der Waals surface area (Å²) >= 11 is 0. The molecule has 0 spiro atoms. The molecule has 4 aromatic carbocycles. The Morgan fingerprint density at radius 1 is 0.954 bits per heavy atom. The van der Waals surface area contributed by atoms with E-state index in [1.165, 1.54) is 12.1 Å². The van der Waals surface area contributed by atoms with E-state index >= 15 is 4.79 Å². The first-order valence-electron chi connectivity index (χ1n) is 22.9. The lowest BCUT2D eigenvalue weighted by Gasteiger charge is -2.60. The molecule has 11 heteroatoms. The second-order valence-electron chi connectivity index (χ2n) is 18.6. The van der Waals surface area contributed by atoms with E-state index in [-0.39, 0.29) is 56.4 Å². The summed E-state index contributed by atoms with van der Waals surface area (Å²) in [7, 11) is 0. The quantitative estimate of drug-likeness (QED) is 0.0573. The highest BCUT2D eigenvalue weighted by Gasteiger charge is 2.65. The number of nitrogens with zero attached hydrogens (tertiary/aromatic N) is 3. The summed E-state index contributed by atoms with van der Waals surface area (Å²) in [5.41, 5.74) is 5.58. The van der Waals surface area contributed by atoms with Crippen molar-refractivity contribution in [1.29, 1.82) is 5.26 Å². The zero-order chi connectivity index (χ0) is 46.3. The van der Waals surface area contributed by atoms with Gasteiger partial charge in [0, 0.05) is 43.2 Å². The maximum atomic E-state index is 15.3. The molecule has 0 unspecified atom stereocenters. The number of benzene rings is 4. The molecule has 4 aromatic rings. The fourth-order valence-electron chi connectivity index (χ4n) is 9.78. The number of ether oxygens (including phenoxy) is 3. The number of halogens is 1. The van der Waals surface area contributed by atoms with Crippen LogP contribution in [0.1, 0.15) is 110 Å². The summed E-state index contributed by atoms with van der Waals surface area (Å²) < 4.78 is 35.6. The van der Waals surface area contributed by atoms with Crippen molar-refractivity contribution < 1.29 is 38.4 Å². The summed E-state index contributed by atoms with van der Waals surface area (Å²) in [6.07, 6.45) is 8.60. The van der Waals surface area contributed by atoms with E-state index in [1.54, 1.807) is 47.4 Å². The number of aliphatic hydroxyl groups excluding tert-OH is 2. The number of carbonyl (C=O) groups excluding carboxylic acids is 1. The van der Waals surface area contributed by atoms with Gasteiger partial charge in [0.25, 0.3) is 5.91 Å². The summed E-state index contributed by atoms with van der Waals surface area (Å²) in [6, 6.07) is 25.9. The van der Waals surface area contributed by atoms with Gasteiger partial charge in [-0.2, -0.15) is 5.26 Å². The summed E-state index contributed by atoms with van der Waals surface area (Å²) in [5, 5.41) is 34.6. The summed E-state index contributed by atoms with van der Waals surface area (Å²) in [6.45, 7) is 14.3. The maximum absolute atomic E-state index is 15.3. The van der Waals surface area contributed by atoms with Crippen LogP contribution in [0.4, 0.5) is 4.39 Å². The Bertz CT molecular complexity index is 2420. The molecule has 2 N–H and O–H groups in total. The molecular weight excluding hydrogens is 822 g/mol. The lowest BCUT2D eigenvalue weighted by Crippen LogP contribution is -2.70. The van der Waals surface area contributed by atoms with Crippen molar-refractivity contribution in [2.75, 3.05) is 19.8 Å². The van der Waals surface area contributed by atoms with Crippen LogP contribution in [-0.4, -0.2) is 64.0 Å². The highest BCUT2D eigenvalue weighted by atomic mass is 19.1. The number of aliphatic hydroxyl groups is 2. The van der Waals surface area contributed by atoms with E-state index in [0.29, 0.717) is 52.5 Å². The Kier molecular flexibility index (Phi) is 14.9. The number of hydrogen-bond acceptors (Lipinski definition) is 9. The zero-order valence-corrected chi connectivity index (χ0v) is 38.3.